The molecule has 0 aliphatic carbocycles. The molecule has 112 valence electrons. The first-order valence-corrected chi connectivity index (χ1v) is 6.89. The Hall–Kier alpha value is -2.47. The van der Waals surface area contributed by atoms with E-state index >= 15 is 0 Å². The van der Waals surface area contributed by atoms with Crippen LogP contribution in [-0.2, 0) is 7.05 Å². The molecule has 0 atom stereocenters. The first kappa shape index (κ1) is 14.5. The molecular weight excluding hydrogens is 307 g/mol. The van der Waals surface area contributed by atoms with Gasteiger partial charge in [-0.25, -0.2) is 9.37 Å². The highest BCUT2D eigenvalue weighted by molar-refractivity contribution is 6.33. The number of imidazole rings is 1. The van der Waals surface area contributed by atoms with Crippen molar-refractivity contribution in [1.82, 2.24) is 14.5 Å². The Kier molecular flexibility index (Phi) is 3.54. The van der Waals surface area contributed by atoms with Gasteiger partial charge in [-0.3, -0.25) is 9.78 Å². The van der Waals surface area contributed by atoms with Gasteiger partial charge in [-0.05, 0) is 18.2 Å². The number of hydrogen-bond donors (Lipinski definition) is 1. The van der Waals surface area contributed by atoms with Crippen LogP contribution in [-0.4, -0.2) is 20.3 Å². The molecule has 0 amide bonds. The Morgan fingerprint density at radius 3 is 2.86 bits per heavy atom. The van der Waals surface area contributed by atoms with Crippen LogP contribution in [0.1, 0.15) is 17.4 Å². The Morgan fingerprint density at radius 2 is 2.18 bits per heavy atom. The number of para-hydroxylation sites is 1. The molecule has 1 N–H and O–H groups in total. The number of aromatic nitrogens is 3. The maximum absolute atomic E-state index is 13.9. The zero-order valence-corrected chi connectivity index (χ0v) is 12.6. The van der Waals surface area contributed by atoms with Crippen molar-refractivity contribution >= 4 is 40.1 Å². The van der Waals surface area contributed by atoms with Crippen LogP contribution in [0, 0.1) is 5.82 Å². The summed E-state index contributed by atoms with van der Waals surface area (Å²) in [5, 5.41) is 3.14. The average Bonchev–Trinajstić information content (AvgIpc) is 2.79. The van der Waals surface area contributed by atoms with E-state index in [1.807, 2.05) is 0 Å². The first-order valence-electron chi connectivity index (χ1n) is 6.52. The standard InChI is InChI=1S/C15H12ClFN4O/c1-8(22)11-6-12-13(7-18-11)21(2)15(19-12)20-14-9(16)4-3-5-10(14)17/h3-7H,1-2H3,(H,19,20). The van der Waals surface area contributed by atoms with E-state index in [9.17, 15) is 9.18 Å². The average molecular weight is 319 g/mol. The summed E-state index contributed by atoms with van der Waals surface area (Å²) in [6.07, 6.45) is 1.56. The molecule has 5 nitrogen and oxygen atoms in total. The number of carbonyl (C=O) groups is 1. The van der Waals surface area contributed by atoms with E-state index in [0.29, 0.717) is 17.2 Å². The number of Topliss-reactive ketones (excluding diaryl/α,β-unsaturated/α-hetero) is 1. The molecule has 0 aliphatic heterocycles. The zero-order chi connectivity index (χ0) is 15.9. The van der Waals surface area contributed by atoms with Crippen LogP contribution in [0.25, 0.3) is 11.0 Å². The minimum atomic E-state index is -0.470. The van der Waals surface area contributed by atoms with Gasteiger partial charge < -0.3 is 9.88 Å². The lowest BCUT2D eigenvalue weighted by Gasteiger charge is -2.08. The number of hydrogen-bond acceptors (Lipinski definition) is 4. The summed E-state index contributed by atoms with van der Waals surface area (Å²) < 4.78 is 15.6. The molecule has 3 rings (SSSR count). The van der Waals surface area contributed by atoms with Crippen molar-refractivity contribution in [2.45, 2.75) is 6.92 Å². The number of halogens is 2. The molecule has 7 heteroatoms. The molecule has 0 fully saturated rings. The molecule has 0 unspecified atom stereocenters. The van der Waals surface area contributed by atoms with E-state index in [4.69, 9.17) is 11.6 Å². The molecule has 0 spiro atoms. The maximum Gasteiger partial charge on any atom is 0.208 e. The SMILES string of the molecule is CC(=O)c1cc2nc(Nc3c(F)cccc3Cl)n(C)c2cn1. The minimum Gasteiger partial charge on any atom is -0.322 e. The number of pyridine rings is 1. The Labute approximate surface area is 130 Å². The quantitative estimate of drug-likeness (QED) is 0.748. The van der Waals surface area contributed by atoms with E-state index in [1.54, 1.807) is 29.9 Å². The number of nitrogens with one attached hydrogen (secondary N) is 1. The van der Waals surface area contributed by atoms with Gasteiger partial charge >= 0.3 is 0 Å². The number of carbonyl (C=O) groups excluding carboxylic acids is 1. The van der Waals surface area contributed by atoms with Gasteiger partial charge in [-0.2, -0.15) is 0 Å². The number of benzene rings is 1. The van der Waals surface area contributed by atoms with Gasteiger partial charge in [0.05, 0.1) is 27.9 Å². The molecule has 22 heavy (non-hydrogen) atoms. The number of nitrogens with zero attached hydrogens (tertiary/aromatic N) is 3. The molecule has 3 aromatic rings. The van der Waals surface area contributed by atoms with E-state index in [0.717, 1.165) is 5.52 Å². The third-order valence-corrected chi connectivity index (χ3v) is 3.64. The van der Waals surface area contributed by atoms with Gasteiger partial charge in [0.25, 0.3) is 0 Å². The summed E-state index contributed by atoms with van der Waals surface area (Å²) >= 11 is 6.00. The minimum absolute atomic E-state index is 0.140. The van der Waals surface area contributed by atoms with Crippen LogP contribution in [0.4, 0.5) is 16.0 Å². The largest absolute Gasteiger partial charge is 0.322 e. The topological polar surface area (TPSA) is 59.8 Å². The van der Waals surface area contributed by atoms with Crippen molar-refractivity contribution in [2.24, 2.45) is 7.05 Å². The monoisotopic (exact) mass is 318 g/mol. The van der Waals surface area contributed by atoms with Crippen LogP contribution in [0.5, 0.6) is 0 Å². The fourth-order valence-corrected chi connectivity index (χ4v) is 2.33. The van der Waals surface area contributed by atoms with Crippen molar-refractivity contribution in [3.8, 4) is 0 Å². The van der Waals surface area contributed by atoms with Gasteiger partial charge in [-0.15, -0.1) is 0 Å². The highest BCUT2D eigenvalue weighted by Crippen LogP contribution is 2.29. The third-order valence-electron chi connectivity index (χ3n) is 3.33. The van der Waals surface area contributed by atoms with Crippen molar-refractivity contribution in [3.63, 3.8) is 0 Å². The van der Waals surface area contributed by atoms with Gasteiger partial charge in [0, 0.05) is 14.0 Å². The lowest BCUT2D eigenvalue weighted by Crippen LogP contribution is -2.01. The second kappa shape index (κ2) is 5.38. The van der Waals surface area contributed by atoms with E-state index in [1.165, 1.54) is 19.1 Å². The summed E-state index contributed by atoms with van der Waals surface area (Å²) in [6.45, 7) is 1.44. The maximum atomic E-state index is 13.9. The van der Waals surface area contributed by atoms with Gasteiger partial charge in [-0.1, -0.05) is 17.7 Å². The lowest BCUT2D eigenvalue weighted by molar-refractivity contribution is 0.101. The first-order chi connectivity index (χ1) is 10.5. The lowest BCUT2D eigenvalue weighted by atomic mass is 10.2. The van der Waals surface area contributed by atoms with Crippen LogP contribution >= 0.6 is 11.6 Å². The molecule has 0 aliphatic rings. The highest BCUT2D eigenvalue weighted by atomic mass is 35.5. The fraction of sp³-hybridized carbons (Fsp3) is 0.133. The van der Waals surface area contributed by atoms with E-state index < -0.39 is 5.82 Å². The van der Waals surface area contributed by atoms with Crippen molar-refractivity contribution < 1.29 is 9.18 Å². The Morgan fingerprint density at radius 1 is 1.41 bits per heavy atom. The fourth-order valence-electron chi connectivity index (χ4n) is 2.12. The number of ketones is 1. The number of fused-ring (bicyclic) bond motifs is 1. The van der Waals surface area contributed by atoms with Crippen molar-refractivity contribution in [3.05, 3.63) is 47.0 Å². The van der Waals surface area contributed by atoms with E-state index in [2.05, 4.69) is 15.3 Å². The number of aryl methyl sites for hydroxylation is 1. The Bertz CT molecular complexity index is 870. The van der Waals surface area contributed by atoms with Gasteiger partial charge in [0.15, 0.2) is 5.78 Å². The summed E-state index contributed by atoms with van der Waals surface area (Å²) in [4.78, 5) is 19.8. The summed E-state index contributed by atoms with van der Waals surface area (Å²) in [5.74, 6) is -0.203. The van der Waals surface area contributed by atoms with Gasteiger partial charge in [0.2, 0.25) is 5.95 Å². The predicted octanol–water partition coefficient (Wildman–Crippen LogP) is 3.71. The molecule has 0 radical (unpaired) electrons. The molecule has 1 aromatic carbocycles. The second-order valence-corrected chi connectivity index (χ2v) is 5.24. The van der Waals surface area contributed by atoms with Crippen LogP contribution in [0.2, 0.25) is 5.02 Å². The molecule has 0 saturated carbocycles. The highest BCUT2D eigenvalue weighted by Gasteiger charge is 2.14. The van der Waals surface area contributed by atoms with Crippen LogP contribution < -0.4 is 5.32 Å². The molecule has 0 saturated heterocycles. The zero-order valence-electron chi connectivity index (χ0n) is 11.9. The molecule has 2 heterocycles. The number of rotatable bonds is 3. The predicted molar refractivity (Wildman–Crippen MR) is 83.2 cm³/mol. The number of anilines is 2. The molecule has 0 bridgehead atoms. The molecular formula is C15H12ClFN4O. The summed E-state index contributed by atoms with van der Waals surface area (Å²) in [7, 11) is 1.77. The smallest absolute Gasteiger partial charge is 0.208 e. The summed E-state index contributed by atoms with van der Waals surface area (Å²) in [5.41, 5.74) is 1.81. The van der Waals surface area contributed by atoms with Crippen molar-refractivity contribution in [2.75, 3.05) is 5.32 Å². The van der Waals surface area contributed by atoms with E-state index in [-0.39, 0.29) is 16.5 Å². The van der Waals surface area contributed by atoms with Crippen molar-refractivity contribution in [1.29, 1.82) is 0 Å². The van der Waals surface area contributed by atoms with Gasteiger partial charge in [0.1, 0.15) is 11.5 Å². The molecule has 2 aromatic heterocycles. The van der Waals surface area contributed by atoms with Crippen LogP contribution in [0.15, 0.2) is 30.5 Å². The summed E-state index contributed by atoms with van der Waals surface area (Å²) in [6, 6.07) is 6.03. The van der Waals surface area contributed by atoms with Crippen LogP contribution in [0.3, 0.4) is 0 Å². The normalized spacial score (nSPS) is 10.9. The third kappa shape index (κ3) is 2.42. The Balaban J connectivity index is 2.08. The second-order valence-electron chi connectivity index (χ2n) is 4.83.